The predicted molar refractivity (Wildman–Crippen MR) is 101 cm³/mol. The first-order valence-electron chi connectivity index (χ1n) is 8.26. The Morgan fingerprint density at radius 1 is 1.14 bits per heavy atom. The minimum Gasteiger partial charge on any atom is -0.477 e. The van der Waals surface area contributed by atoms with Crippen LogP contribution in [0.3, 0.4) is 0 Å². The monoisotopic (exact) mass is 402 g/mol. The third kappa shape index (κ3) is 3.16. The Hall–Kier alpha value is -3.13. The summed E-state index contributed by atoms with van der Waals surface area (Å²) in [7, 11) is 0. The molecule has 0 saturated heterocycles. The number of nitrogens with zero attached hydrogens (tertiary/aromatic N) is 2. The van der Waals surface area contributed by atoms with Crippen molar-refractivity contribution in [2.24, 2.45) is 0 Å². The van der Waals surface area contributed by atoms with Crippen molar-refractivity contribution < 1.29 is 23.1 Å². The van der Waals surface area contributed by atoms with E-state index in [0.29, 0.717) is 21.5 Å². The summed E-state index contributed by atoms with van der Waals surface area (Å²) in [5.74, 6) is -1.15. The van der Waals surface area contributed by atoms with Crippen LogP contribution in [0.25, 0.3) is 21.3 Å². The minimum atomic E-state index is -4.49. The fourth-order valence-corrected chi connectivity index (χ4v) is 4.25. The molecule has 0 bridgehead atoms. The maximum absolute atomic E-state index is 13.5. The molecule has 0 spiro atoms. The predicted octanol–water partition coefficient (Wildman–Crippen LogP) is 5.53. The fourth-order valence-electron chi connectivity index (χ4n) is 3.27. The topological polar surface area (TPSA) is 55.1 Å². The van der Waals surface area contributed by atoms with Gasteiger partial charge in [0.15, 0.2) is 0 Å². The molecule has 3 heterocycles. The van der Waals surface area contributed by atoms with Crippen LogP contribution < -0.4 is 0 Å². The number of thiophene rings is 1. The molecule has 3 aromatic heterocycles. The highest BCUT2D eigenvalue weighted by molar-refractivity contribution is 7.17. The maximum atomic E-state index is 13.5. The lowest BCUT2D eigenvalue weighted by Gasteiger charge is -2.14. The first-order valence-corrected chi connectivity index (χ1v) is 9.13. The summed E-state index contributed by atoms with van der Waals surface area (Å²) in [6.07, 6.45) is -1.31. The molecule has 0 aliphatic carbocycles. The number of benzene rings is 1. The number of carboxylic acid groups (broad SMARTS) is 1. The Labute approximate surface area is 161 Å². The van der Waals surface area contributed by atoms with E-state index < -0.39 is 17.7 Å². The van der Waals surface area contributed by atoms with Crippen molar-refractivity contribution in [3.8, 4) is 11.3 Å². The molecular weight excluding hydrogens is 389 g/mol. The Bertz CT molecular complexity index is 1160. The lowest BCUT2D eigenvalue weighted by Crippen LogP contribution is -2.12. The zero-order valence-corrected chi connectivity index (χ0v) is 15.1. The molecule has 0 amide bonds. The van der Waals surface area contributed by atoms with E-state index in [0.717, 1.165) is 6.07 Å². The van der Waals surface area contributed by atoms with Gasteiger partial charge in [0.1, 0.15) is 5.69 Å². The summed E-state index contributed by atoms with van der Waals surface area (Å²) < 4.78 is 42.5. The van der Waals surface area contributed by atoms with Gasteiger partial charge in [-0.1, -0.05) is 6.07 Å². The first kappa shape index (κ1) is 18.2. The molecule has 4 rings (SSSR count). The molecule has 0 saturated carbocycles. The molecule has 28 heavy (non-hydrogen) atoms. The van der Waals surface area contributed by atoms with E-state index in [1.807, 2.05) is 0 Å². The minimum absolute atomic E-state index is 0.00249. The number of hydrogen-bond acceptors (Lipinski definition) is 3. The largest absolute Gasteiger partial charge is 0.477 e. The Kier molecular flexibility index (Phi) is 4.43. The molecule has 0 radical (unpaired) electrons. The molecule has 4 aromatic rings. The van der Waals surface area contributed by atoms with Crippen LogP contribution in [0.2, 0.25) is 0 Å². The van der Waals surface area contributed by atoms with Gasteiger partial charge < -0.3 is 9.67 Å². The van der Waals surface area contributed by atoms with E-state index in [4.69, 9.17) is 0 Å². The van der Waals surface area contributed by atoms with Crippen molar-refractivity contribution in [3.05, 3.63) is 77.1 Å². The maximum Gasteiger partial charge on any atom is 0.417 e. The van der Waals surface area contributed by atoms with Gasteiger partial charge in [0.2, 0.25) is 0 Å². The van der Waals surface area contributed by atoms with Crippen LogP contribution in [-0.2, 0) is 12.7 Å². The number of hydrogen-bond donors (Lipinski definition) is 1. The molecule has 8 heteroatoms. The number of carboxylic acids is 1. The van der Waals surface area contributed by atoms with Gasteiger partial charge in [-0.3, -0.25) is 4.98 Å². The third-order valence-electron chi connectivity index (χ3n) is 4.47. The number of aromatic carboxylic acids is 1. The number of carbonyl (C=O) groups is 1. The van der Waals surface area contributed by atoms with Crippen LogP contribution in [0.4, 0.5) is 13.2 Å². The van der Waals surface area contributed by atoms with Gasteiger partial charge in [-0.2, -0.15) is 13.2 Å². The van der Waals surface area contributed by atoms with Crippen LogP contribution in [0.15, 0.2) is 60.2 Å². The summed E-state index contributed by atoms with van der Waals surface area (Å²) in [5, 5.41) is 11.3. The Morgan fingerprint density at radius 3 is 2.64 bits per heavy atom. The van der Waals surface area contributed by atoms with Crippen LogP contribution in [0.1, 0.15) is 21.6 Å². The SMILES string of the molecule is O=C(O)c1ccc(-c2cccnc2)n1Cc1csc2cccc(C(F)(F)F)c12. The van der Waals surface area contributed by atoms with Gasteiger partial charge in [-0.05, 0) is 47.3 Å². The van der Waals surface area contributed by atoms with E-state index in [9.17, 15) is 23.1 Å². The summed E-state index contributed by atoms with van der Waals surface area (Å²) >= 11 is 1.21. The normalized spacial score (nSPS) is 11.8. The van der Waals surface area contributed by atoms with Crippen molar-refractivity contribution in [2.75, 3.05) is 0 Å². The van der Waals surface area contributed by atoms with E-state index in [1.54, 1.807) is 42.0 Å². The average Bonchev–Trinajstić information content (AvgIpc) is 3.26. The molecule has 1 aromatic carbocycles. The summed E-state index contributed by atoms with van der Waals surface area (Å²) in [6.45, 7) is 0.00591. The average molecular weight is 402 g/mol. The highest BCUT2D eigenvalue weighted by Crippen LogP contribution is 2.39. The smallest absolute Gasteiger partial charge is 0.417 e. The number of rotatable bonds is 4. The molecular formula is C20H13F3N2O2S. The second-order valence-electron chi connectivity index (χ2n) is 6.17. The van der Waals surface area contributed by atoms with Crippen LogP contribution in [0, 0.1) is 0 Å². The summed E-state index contributed by atoms with van der Waals surface area (Å²) in [6, 6.07) is 10.6. The quantitative estimate of drug-likeness (QED) is 0.488. The van der Waals surface area contributed by atoms with Crippen LogP contribution in [-0.4, -0.2) is 20.6 Å². The van der Waals surface area contributed by atoms with Gasteiger partial charge in [0.05, 0.1) is 11.3 Å². The van der Waals surface area contributed by atoms with Crippen molar-refractivity contribution in [2.45, 2.75) is 12.7 Å². The number of aromatic nitrogens is 2. The molecule has 0 aliphatic heterocycles. The Balaban J connectivity index is 1.89. The molecule has 0 aliphatic rings. The lowest BCUT2D eigenvalue weighted by molar-refractivity contribution is -0.136. The molecule has 1 N–H and O–H groups in total. The van der Waals surface area contributed by atoms with Gasteiger partial charge >= 0.3 is 12.1 Å². The summed E-state index contributed by atoms with van der Waals surface area (Å²) in [5.41, 5.74) is 0.979. The summed E-state index contributed by atoms with van der Waals surface area (Å²) in [4.78, 5) is 15.7. The highest BCUT2D eigenvalue weighted by Gasteiger charge is 2.33. The van der Waals surface area contributed by atoms with Gasteiger partial charge in [-0.25, -0.2) is 4.79 Å². The zero-order chi connectivity index (χ0) is 19.9. The van der Waals surface area contributed by atoms with E-state index >= 15 is 0 Å². The first-order chi connectivity index (χ1) is 13.4. The highest BCUT2D eigenvalue weighted by atomic mass is 32.1. The van der Waals surface area contributed by atoms with Crippen LogP contribution in [0.5, 0.6) is 0 Å². The number of alkyl halides is 3. The van der Waals surface area contributed by atoms with Crippen molar-refractivity contribution in [1.82, 2.24) is 9.55 Å². The van der Waals surface area contributed by atoms with Gasteiger partial charge in [0.25, 0.3) is 0 Å². The zero-order valence-electron chi connectivity index (χ0n) is 14.3. The van der Waals surface area contributed by atoms with Gasteiger partial charge in [0, 0.05) is 34.6 Å². The number of fused-ring (bicyclic) bond motifs is 1. The molecule has 0 fully saturated rings. The van der Waals surface area contributed by atoms with E-state index in [-0.39, 0.29) is 17.6 Å². The number of halogens is 3. The van der Waals surface area contributed by atoms with Crippen molar-refractivity contribution in [1.29, 1.82) is 0 Å². The van der Waals surface area contributed by atoms with Crippen molar-refractivity contribution in [3.63, 3.8) is 0 Å². The van der Waals surface area contributed by atoms with Gasteiger partial charge in [-0.15, -0.1) is 11.3 Å². The van der Waals surface area contributed by atoms with Crippen molar-refractivity contribution >= 4 is 27.4 Å². The molecule has 4 nitrogen and oxygen atoms in total. The molecule has 0 atom stereocenters. The molecule has 0 unspecified atom stereocenters. The third-order valence-corrected chi connectivity index (χ3v) is 5.46. The second kappa shape index (κ2) is 6.79. The van der Waals surface area contributed by atoms with Crippen LogP contribution >= 0.6 is 11.3 Å². The second-order valence-corrected chi connectivity index (χ2v) is 7.09. The van der Waals surface area contributed by atoms with E-state index in [1.165, 1.54) is 28.0 Å². The number of pyridine rings is 1. The fraction of sp³-hybridized carbons (Fsp3) is 0.100. The lowest BCUT2D eigenvalue weighted by atomic mass is 10.1. The Morgan fingerprint density at radius 2 is 1.96 bits per heavy atom. The van der Waals surface area contributed by atoms with E-state index in [2.05, 4.69) is 4.98 Å². The standard InChI is InChI=1S/C20H13F3N2O2S/c21-20(22,23)14-4-1-5-17-18(14)13(11-28-17)10-25-15(6-7-16(25)19(26)27)12-3-2-8-24-9-12/h1-9,11H,10H2,(H,26,27). The molecule has 142 valence electrons.